The van der Waals surface area contributed by atoms with E-state index in [-0.39, 0.29) is 6.61 Å². The van der Waals surface area contributed by atoms with E-state index in [1.807, 2.05) is 0 Å². The molecule has 9 heteroatoms. The highest BCUT2D eigenvalue weighted by molar-refractivity contribution is 7.10. The summed E-state index contributed by atoms with van der Waals surface area (Å²) in [5, 5.41) is 4.42. The minimum atomic E-state index is -0.874. The number of amides is 2. The zero-order valence-electron chi connectivity index (χ0n) is 15.3. The number of benzene rings is 1. The average Bonchev–Trinajstić information content (AvgIpc) is 3.22. The molecule has 2 amide bonds. The lowest BCUT2D eigenvalue weighted by Gasteiger charge is -2.13. The van der Waals surface area contributed by atoms with Gasteiger partial charge in [0, 0.05) is 11.0 Å². The van der Waals surface area contributed by atoms with Gasteiger partial charge < -0.3 is 25.3 Å². The average molecular weight is 404 g/mol. The lowest BCUT2D eigenvalue weighted by Crippen LogP contribution is -2.32. The summed E-state index contributed by atoms with van der Waals surface area (Å²) in [7, 11) is 2.72. The third-order valence-corrected chi connectivity index (χ3v) is 4.47. The van der Waals surface area contributed by atoms with Gasteiger partial charge in [-0.15, -0.1) is 11.3 Å². The second-order valence-corrected chi connectivity index (χ2v) is 6.46. The molecule has 0 unspecified atom stereocenters. The Balaban J connectivity index is 2.08. The summed E-state index contributed by atoms with van der Waals surface area (Å²) in [4.78, 5) is 35.7. The van der Waals surface area contributed by atoms with Crippen LogP contribution in [0.2, 0.25) is 0 Å². The van der Waals surface area contributed by atoms with E-state index in [9.17, 15) is 14.4 Å². The lowest BCUT2D eigenvalue weighted by atomic mass is 10.2. The highest BCUT2D eigenvalue weighted by Gasteiger charge is 2.23. The van der Waals surface area contributed by atoms with Crippen LogP contribution in [0, 0.1) is 0 Å². The molecule has 0 fully saturated rings. The molecule has 148 valence electrons. The molecule has 1 heterocycles. The predicted molar refractivity (Wildman–Crippen MR) is 104 cm³/mol. The fourth-order valence-electron chi connectivity index (χ4n) is 2.24. The van der Waals surface area contributed by atoms with Gasteiger partial charge in [-0.1, -0.05) is 12.1 Å². The van der Waals surface area contributed by atoms with Crippen molar-refractivity contribution in [3.8, 4) is 11.5 Å². The van der Waals surface area contributed by atoms with Crippen LogP contribution in [0.1, 0.15) is 16.5 Å². The molecule has 1 atom stereocenters. The maximum atomic E-state index is 12.2. The van der Waals surface area contributed by atoms with Crippen molar-refractivity contribution in [2.75, 3.05) is 20.8 Å². The number of methoxy groups -OCH3 is 2. The van der Waals surface area contributed by atoms with Gasteiger partial charge in [0.1, 0.15) is 0 Å². The van der Waals surface area contributed by atoms with Gasteiger partial charge in [-0.2, -0.15) is 0 Å². The lowest BCUT2D eigenvalue weighted by molar-refractivity contribution is -0.144. The zero-order valence-corrected chi connectivity index (χ0v) is 16.2. The Hall–Kier alpha value is -3.33. The number of thiophene rings is 1. The summed E-state index contributed by atoms with van der Waals surface area (Å²) in [5.41, 5.74) is 5.71. The predicted octanol–water partition coefficient (Wildman–Crippen LogP) is 1.66. The number of carbonyl (C=O) groups excluding carboxylic acids is 3. The van der Waals surface area contributed by atoms with Crippen LogP contribution in [0.15, 0.2) is 41.8 Å². The molecule has 0 spiro atoms. The van der Waals surface area contributed by atoms with Crippen LogP contribution in [0.4, 0.5) is 0 Å². The van der Waals surface area contributed by atoms with E-state index in [1.54, 1.807) is 41.8 Å². The summed E-state index contributed by atoms with van der Waals surface area (Å²) in [5.74, 6) is -0.881. The van der Waals surface area contributed by atoms with Crippen LogP contribution in [-0.4, -0.2) is 38.6 Å². The fraction of sp³-hybridized carbons (Fsp3) is 0.211. The fourth-order valence-corrected chi connectivity index (χ4v) is 3.00. The molecule has 0 aliphatic heterocycles. The molecular formula is C19H20N2O6S. The van der Waals surface area contributed by atoms with Crippen molar-refractivity contribution in [2.24, 2.45) is 5.73 Å². The van der Waals surface area contributed by atoms with E-state index >= 15 is 0 Å². The van der Waals surface area contributed by atoms with Gasteiger partial charge in [-0.3, -0.25) is 9.59 Å². The summed E-state index contributed by atoms with van der Waals surface area (Å²) >= 11 is 1.34. The maximum absolute atomic E-state index is 12.2. The summed E-state index contributed by atoms with van der Waals surface area (Å²) < 4.78 is 15.2. The summed E-state index contributed by atoms with van der Waals surface area (Å²) in [6, 6.07) is 7.57. The molecular weight excluding hydrogens is 384 g/mol. The maximum Gasteiger partial charge on any atom is 0.333 e. The Morgan fingerprint density at radius 3 is 2.61 bits per heavy atom. The van der Waals surface area contributed by atoms with Crippen LogP contribution in [-0.2, 0) is 19.1 Å². The monoisotopic (exact) mass is 404 g/mol. The van der Waals surface area contributed by atoms with Crippen molar-refractivity contribution in [1.82, 2.24) is 5.32 Å². The van der Waals surface area contributed by atoms with Gasteiger partial charge >= 0.3 is 5.97 Å². The van der Waals surface area contributed by atoms with Crippen molar-refractivity contribution < 1.29 is 28.6 Å². The van der Waals surface area contributed by atoms with Crippen LogP contribution >= 0.6 is 11.3 Å². The molecule has 28 heavy (non-hydrogen) atoms. The van der Waals surface area contributed by atoms with E-state index in [2.05, 4.69) is 5.32 Å². The van der Waals surface area contributed by atoms with Gasteiger partial charge in [-0.05, 0) is 35.2 Å². The SMILES string of the molecule is COC(=O)[C@@H](NC(=O)/C=C\c1ccc(OCC(N)=O)c(OC)c1)c1cccs1. The molecule has 0 aliphatic rings. The Kier molecular flexibility index (Phi) is 7.58. The van der Waals surface area contributed by atoms with Crippen LogP contribution in [0.5, 0.6) is 11.5 Å². The molecule has 2 rings (SSSR count). The molecule has 0 saturated heterocycles. The normalized spacial score (nSPS) is 11.6. The molecule has 0 aliphatic carbocycles. The van der Waals surface area contributed by atoms with Gasteiger partial charge in [0.2, 0.25) is 5.91 Å². The third kappa shape index (κ3) is 5.85. The molecule has 3 N–H and O–H groups in total. The van der Waals surface area contributed by atoms with E-state index < -0.39 is 23.8 Å². The third-order valence-electron chi connectivity index (χ3n) is 3.54. The molecule has 0 radical (unpaired) electrons. The number of hydrogen-bond donors (Lipinski definition) is 2. The van der Waals surface area contributed by atoms with E-state index in [1.165, 1.54) is 31.6 Å². The first-order chi connectivity index (χ1) is 13.4. The molecule has 1 aromatic carbocycles. The van der Waals surface area contributed by atoms with Crippen molar-refractivity contribution in [3.05, 3.63) is 52.2 Å². The number of carbonyl (C=O) groups is 3. The number of hydrogen-bond acceptors (Lipinski definition) is 7. The second-order valence-electron chi connectivity index (χ2n) is 5.48. The Labute approximate surface area is 165 Å². The first-order valence-corrected chi connectivity index (χ1v) is 9.01. The highest BCUT2D eigenvalue weighted by Crippen LogP contribution is 2.28. The van der Waals surface area contributed by atoms with Gasteiger partial charge in [0.25, 0.3) is 5.91 Å². The smallest absolute Gasteiger partial charge is 0.333 e. The standard InChI is InChI=1S/C19H20N2O6S/c1-25-14-10-12(5-7-13(14)27-11-16(20)22)6-8-17(23)21-18(19(24)26-2)15-4-3-9-28-15/h3-10,18H,11H2,1-2H3,(H2,20,22)(H,21,23)/b8-6-/t18-/m0/s1. The van der Waals surface area contributed by atoms with Gasteiger partial charge in [0.15, 0.2) is 24.1 Å². The zero-order chi connectivity index (χ0) is 20.5. The quantitative estimate of drug-likeness (QED) is 0.485. The number of ether oxygens (including phenoxy) is 3. The Morgan fingerprint density at radius 1 is 1.21 bits per heavy atom. The second kappa shape index (κ2) is 10.1. The first-order valence-electron chi connectivity index (χ1n) is 8.13. The van der Waals surface area contributed by atoms with Gasteiger partial charge in [-0.25, -0.2) is 4.79 Å². The van der Waals surface area contributed by atoms with E-state index in [0.29, 0.717) is 21.9 Å². The van der Waals surface area contributed by atoms with Crippen molar-refractivity contribution in [1.29, 1.82) is 0 Å². The Morgan fingerprint density at radius 2 is 2.00 bits per heavy atom. The van der Waals surface area contributed by atoms with Gasteiger partial charge in [0.05, 0.1) is 14.2 Å². The minimum Gasteiger partial charge on any atom is -0.493 e. The van der Waals surface area contributed by atoms with Crippen molar-refractivity contribution in [3.63, 3.8) is 0 Å². The van der Waals surface area contributed by atoms with E-state index in [0.717, 1.165) is 0 Å². The summed E-state index contributed by atoms with van der Waals surface area (Å²) in [6.07, 6.45) is 2.85. The molecule has 0 bridgehead atoms. The molecule has 1 aromatic heterocycles. The van der Waals surface area contributed by atoms with Crippen LogP contribution in [0.3, 0.4) is 0 Å². The number of nitrogens with two attached hydrogens (primary N) is 1. The summed E-state index contributed by atoms with van der Waals surface area (Å²) in [6.45, 7) is -0.272. The highest BCUT2D eigenvalue weighted by atomic mass is 32.1. The van der Waals surface area contributed by atoms with Crippen LogP contribution in [0.25, 0.3) is 6.08 Å². The largest absolute Gasteiger partial charge is 0.493 e. The first kappa shape index (κ1) is 21.0. The molecule has 0 saturated carbocycles. The topological polar surface area (TPSA) is 117 Å². The van der Waals surface area contributed by atoms with Crippen molar-refractivity contribution >= 4 is 35.2 Å². The number of rotatable bonds is 9. The minimum absolute atomic E-state index is 0.272. The number of nitrogens with one attached hydrogen (secondary N) is 1. The van der Waals surface area contributed by atoms with Crippen molar-refractivity contribution in [2.45, 2.75) is 6.04 Å². The van der Waals surface area contributed by atoms with E-state index in [4.69, 9.17) is 19.9 Å². The number of primary amides is 1. The van der Waals surface area contributed by atoms with Crippen LogP contribution < -0.4 is 20.5 Å². The number of esters is 1. The Bertz CT molecular complexity index is 863. The molecule has 8 nitrogen and oxygen atoms in total. The molecule has 2 aromatic rings.